The summed E-state index contributed by atoms with van der Waals surface area (Å²) in [6, 6.07) is 56.8. The van der Waals surface area contributed by atoms with Crippen molar-refractivity contribution in [2.45, 2.75) is 0 Å². The van der Waals surface area contributed by atoms with E-state index < -0.39 is 0 Å². The van der Waals surface area contributed by atoms with E-state index in [1.54, 1.807) is 0 Å². The molecule has 8 aromatic carbocycles. The quantitative estimate of drug-likeness (QED) is 0.174. The molecule has 5 nitrogen and oxygen atoms in total. The van der Waals surface area contributed by atoms with Crippen molar-refractivity contribution in [1.82, 2.24) is 19.9 Å². The van der Waals surface area contributed by atoms with Gasteiger partial charge in [-0.3, -0.25) is 4.98 Å². The third-order valence-corrected chi connectivity index (χ3v) is 10.4. The fourth-order valence-electron chi connectivity index (χ4n) is 7.96. The lowest BCUT2D eigenvalue weighted by Gasteiger charge is -2.14. The Kier molecular flexibility index (Phi) is 6.48. The average Bonchev–Trinajstić information content (AvgIpc) is 3.63. The summed E-state index contributed by atoms with van der Waals surface area (Å²) >= 11 is 0. The zero-order valence-electron chi connectivity index (χ0n) is 28.4. The topological polar surface area (TPSA) is 64.7 Å². The first-order chi connectivity index (χ1) is 26.3. The van der Waals surface area contributed by atoms with Gasteiger partial charge < -0.3 is 4.42 Å². The Morgan fingerprint density at radius 1 is 0.377 bits per heavy atom. The van der Waals surface area contributed by atoms with Crippen LogP contribution in [-0.2, 0) is 0 Å². The van der Waals surface area contributed by atoms with Crippen LogP contribution in [0.4, 0.5) is 0 Å². The Hall–Kier alpha value is -7.24. The molecule has 0 fully saturated rings. The summed E-state index contributed by atoms with van der Waals surface area (Å²) in [6.45, 7) is 0. The highest BCUT2D eigenvalue weighted by Crippen LogP contribution is 2.42. The van der Waals surface area contributed by atoms with Gasteiger partial charge in [0, 0.05) is 39.0 Å². The summed E-state index contributed by atoms with van der Waals surface area (Å²) in [4.78, 5) is 20.3. The molecular formula is C48H28N4O. The standard InChI is InChI=1S/C48H28N4O/c1-2-12-30(13-3-1)46-50-47(52-48(51-46)41-28-31-14-4-5-16-32(31)33-17-6-7-18-37(33)41)39-23-9-19-34-35(20-8-21-36(34)39)38-22-10-24-42-43(38)40-26-25-29-15-11-27-49-44(29)45(40)53-42/h1-28H. The second-order valence-corrected chi connectivity index (χ2v) is 13.4. The zero-order valence-corrected chi connectivity index (χ0v) is 28.4. The highest BCUT2D eigenvalue weighted by molar-refractivity contribution is 6.20. The van der Waals surface area contributed by atoms with E-state index in [4.69, 9.17) is 19.4 Å². The van der Waals surface area contributed by atoms with Crippen LogP contribution in [0.15, 0.2) is 174 Å². The zero-order chi connectivity index (χ0) is 34.9. The van der Waals surface area contributed by atoms with Gasteiger partial charge in [0.05, 0.1) is 0 Å². The molecule has 53 heavy (non-hydrogen) atoms. The number of nitrogens with zero attached hydrogens (tertiary/aromatic N) is 4. The largest absolute Gasteiger partial charge is 0.454 e. The van der Waals surface area contributed by atoms with Crippen molar-refractivity contribution in [3.05, 3.63) is 170 Å². The summed E-state index contributed by atoms with van der Waals surface area (Å²) < 4.78 is 6.51. The first-order valence-electron chi connectivity index (χ1n) is 17.7. The number of rotatable bonds is 4. The first-order valence-corrected chi connectivity index (χ1v) is 17.7. The van der Waals surface area contributed by atoms with Crippen molar-refractivity contribution in [3.63, 3.8) is 0 Å². The Balaban J connectivity index is 1.16. The molecule has 0 atom stereocenters. The van der Waals surface area contributed by atoms with E-state index in [2.05, 4.69) is 138 Å². The molecule has 246 valence electrons. The molecule has 0 amide bonds. The lowest BCUT2D eigenvalue weighted by atomic mass is 9.92. The molecule has 0 aliphatic rings. The smallest absolute Gasteiger partial charge is 0.164 e. The van der Waals surface area contributed by atoms with Gasteiger partial charge in [-0.05, 0) is 67.7 Å². The number of hydrogen-bond acceptors (Lipinski definition) is 5. The molecule has 0 saturated carbocycles. The second-order valence-electron chi connectivity index (χ2n) is 13.4. The van der Waals surface area contributed by atoms with Crippen LogP contribution in [0, 0.1) is 0 Å². The van der Waals surface area contributed by atoms with E-state index in [0.29, 0.717) is 17.5 Å². The predicted molar refractivity (Wildman–Crippen MR) is 217 cm³/mol. The fourth-order valence-corrected chi connectivity index (χ4v) is 7.96. The van der Waals surface area contributed by atoms with E-state index in [1.807, 2.05) is 36.5 Å². The van der Waals surface area contributed by atoms with Crippen LogP contribution < -0.4 is 0 Å². The van der Waals surface area contributed by atoms with Crippen molar-refractivity contribution in [3.8, 4) is 45.3 Å². The Labute approximate surface area is 303 Å². The van der Waals surface area contributed by atoms with Crippen LogP contribution in [-0.4, -0.2) is 19.9 Å². The number of aromatic nitrogens is 4. The molecule has 0 aliphatic heterocycles. The summed E-state index contributed by atoms with van der Waals surface area (Å²) in [5.41, 5.74) is 7.56. The lowest BCUT2D eigenvalue weighted by Crippen LogP contribution is -2.01. The van der Waals surface area contributed by atoms with Crippen LogP contribution in [0.5, 0.6) is 0 Å². The average molecular weight is 677 g/mol. The van der Waals surface area contributed by atoms with Crippen molar-refractivity contribution in [2.75, 3.05) is 0 Å². The SMILES string of the molecule is c1ccc(-c2nc(-c3cccc4c(-c5cccc6oc7c(ccc8cccnc87)c56)cccc34)nc(-c3cc4ccccc4c4ccccc34)n2)cc1. The molecule has 0 saturated heterocycles. The molecule has 0 spiro atoms. The summed E-state index contributed by atoms with van der Waals surface area (Å²) in [6.07, 6.45) is 1.82. The van der Waals surface area contributed by atoms with Gasteiger partial charge in [-0.2, -0.15) is 0 Å². The maximum atomic E-state index is 6.51. The van der Waals surface area contributed by atoms with Gasteiger partial charge in [-0.1, -0.05) is 140 Å². The Bertz CT molecular complexity index is 3240. The van der Waals surface area contributed by atoms with Crippen LogP contribution in [0.25, 0.3) is 110 Å². The molecule has 0 aliphatic carbocycles. The maximum Gasteiger partial charge on any atom is 0.164 e. The maximum absolute atomic E-state index is 6.51. The number of fused-ring (bicyclic) bond motifs is 9. The second kappa shape index (κ2) is 11.7. The summed E-state index contributed by atoms with van der Waals surface area (Å²) in [5, 5.41) is 9.96. The van der Waals surface area contributed by atoms with E-state index in [1.165, 1.54) is 10.8 Å². The van der Waals surface area contributed by atoms with E-state index in [9.17, 15) is 0 Å². The third kappa shape index (κ3) is 4.64. The van der Waals surface area contributed by atoms with Crippen molar-refractivity contribution in [1.29, 1.82) is 0 Å². The van der Waals surface area contributed by atoms with Crippen LogP contribution in [0.2, 0.25) is 0 Å². The molecule has 0 unspecified atom stereocenters. The minimum Gasteiger partial charge on any atom is -0.454 e. The van der Waals surface area contributed by atoms with Gasteiger partial charge >= 0.3 is 0 Å². The lowest BCUT2D eigenvalue weighted by molar-refractivity contribution is 0.672. The predicted octanol–water partition coefficient (Wildman–Crippen LogP) is 12.4. The number of benzene rings is 8. The fraction of sp³-hybridized carbons (Fsp3) is 0. The molecule has 11 aromatic rings. The Morgan fingerprint density at radius 3 is 1.87 bits per heavy atom. The van der Waals surface area contributed by atoms with Gasteiger partial charge in [0.25, 0.3) is 0 Å². The van der Waals surface area contributed by atoms with Gasteiger partial charge in [0.2, 0.25) is 0 Å². The van der Waals surface area contributed by atoms with Gasteiger partial charge in [0.15, 0.2) is 23.1 Å². The summed E-state index contributed by atoms with van der Waals surface area (Å²) in [7, 11) is 0. The minimum absolute atomic E-state index is 0.623. The van der Waals surface area contributed by atoms with E-state index in [-0.39, 0.29) is 0 Å². The van der Waals surface area contributed by atoms with Crippen LogP contribution in [0.1, 0.15) is 0 Å². The number of pyridine rings is 1. The van der Waals surface area contributed by atoms with E-state index in [0.717, 1.165) is 82.2 Å². The van der Waals surface area contributed by atoms with Crippen molar-refractivity contribution < 1.29 is 4.42 Å². The first kappa shape index (κ1) is 29.5. The monoisotopic (exact) mass is 676 g/mol. The molecule has 5 heteroatoms. The molecule has 11 rings (SSSR count). The van der Waals surface area contributed by atoms with Crippen LogP contribution >= 0.6 is 0 Å². The highest BCUT2D eigenvalue weighted by atomic mass is 16.3. The van der Waals surface area contributed by atoms with Gasteiger partial charge in [-0.25, -0.2) is 15.0 Å². The minimum atomic E-state index is 0.623. The highest BCUT2D eigenvalue weighted by Gasteiger charge is 2.20. The molecule has 3 aromatic heterocycles. The number of furan rings is 1. The van der Waals surface area contributed by atoms with Gasteiger partial charge in [-0.15, -0.1) is 0 Å². The third-order valence-electron chi connectivity index (χ3n) is 10.4. The normalized spacial score (nSPS) is 11.8. The van der Waals surface area contributed by atoms with Crippen LogP contribution in [0.3, 0.4) is 0 Å². The van der Waals surface area contributed by atoms with E-state index >= 15 is 0 Å². The number of hydrogen-bond donors (Lipinski definition) is 0. The molecule has 0 radical (unpaired) electrons. The van der Waals surface area contributed by atoms with Crippen molar-refractivity contribution >= 4 is 65.2 Å². The molecule has 0 N–H and O–H groups in total. The van der Waals surface area contributed by atoms with Crippen molar-refractivity contribution in [2.24, 2.45) is 0 Å². The Morgan fingerprint density at radius 2 is 1.00 bits per heavy atom. The molecule has 0 bridgehead atoms. The molecule has 3 heterocycles. The van der Waals surface area contributed by atoms with Gasteiger partial charge in [0.1, 0.15) is 11.1 Å². The molecular weight excluding hydrogens is 649 g/mol. The summed E-state index contributed by atoms with van der Waals surface area (Å²) in [5.74, 6) is 1.89.